The van der Waals surface area contributed by atoms with Crippen molar-refractivity contribution in [1.29, 1.82) is 0 Å². The summed E-state index contributed by atoms with van der Waals surface area (Å²) in [6, 6.07) is 5.48. The second kappa shape index (κ2) is 8.22. The van der Waals surface area contributed by atoms with Crippen molar-refractivity contribution in [3.8, 4) is 0 Å². The molecule has 1 atom stereocenters. The normalized spacial score (nSPS) is 12.8. The van der Waals surface area contributed by atoms with Gasteiger partial charge in [-0.2, -0.15) is 0 Å². The van der Waals surface area contributed by atoms with Crippen molar-refractivity contribution < 1.29 is 9.13 Å². The second-order valence-corrected chi connectivity index (χ2v) is 5.26. The van der Waals surface area contributed by atoms with Gasteiger partial charge >= 0.3 is 0 Å². The van der Waals surface area contributed by atoms with Crippen molar-refractivity contribution in [1.82, 2.24) is 5.32 Å². The minimum atomic E-state index is -0.191. The van der Waals surface area contributed by atoms with Gasteiger partial charge in [-0.15, -0.1) is 0 Å². The van der Waals surface area contributed by atoms with Gasteiger partial charge in [0.2, 0.25) is 0 Å². The Morgan fingerprint density at radius 1 is 1.30 bits per heavy atom. The molecule has 1 N–H and O–H groups in total. The summed E-state index contributed by atoms with van der Waals surface area (Å²) in [7, 11) is 1.70. The fourth-order valence-electron chi connectivity index (χ4n) is 2.40. The number of halogens is 1. The Hall–Kier alpha value is -1.13. The lowest BCUT2D eigenvalue weighted by Crippen LogP contribution is -2.35. The molecule has 0 aliphatic rings. The Morgan fingerprint density at radius 3 is 2.55 bits per heavy atom. The van der Waals surface area contributed by atoms with Crippen molar-refractivity contribution in [2.75, 3.05) is 31.7 Å². The molecular formula is C16H27FN2O. The van der Waals surface area contributed by atoms with Crippen molar-refractivity contribution in [2.24, 2.45) is 0 Å². The van der Waals surface area contributed by atoms with Crippen LogP contribution in [0.15, 0.2) is 18.2 Å². The highest BCUT2D eigenvalue weighted by Crippen LogP contribution is 2.28. The average molecular weight is 282 g/mol. The van der Waals surface area contributed by atoms with Gasteiger partial charge in [-0.1, -0.05) is 6.92 Å². The first-order valence-electron chi connectivity index (χ1n) is 7.29. The van der Waals surface area contributed by atoms with Gasteiger partial charge in [0.25, 0.3) is 0 Å². The van der Waals surface area contributed by atoms with Gasteiger partial charge in [0.1, 0.15) is 5.82 Å². The van der Waals surface area contributed by atoms with E-state index >= 15 is 0 Å². The molecule has 0 fully saturated rings. The maximum absolute atomic E-state index is 13.6. The van der Waals surface area contributed by atoms with Crippen LogP contribution in [0.25, 0.3) is 0 Å². The first-order chi connectivity index (χ1) is 9.51. The third-order valence-electron chi connectivity index (χ3n) is 3.44. The van der Waals surface area contributed by atoms with E-state index in [2.05, 4.69) is 37.9 Å². The Labute approximate surface area is 122 Å². The van der Waals surface area contributed by atoms with Crippen LogP contribution in [-0.2, 0) is 4.74 Å². The number of nitrogens with one attached hydrogen (secondary N) is 1. The Kier molecular flexibility index (Phi) is 6.96. The van der Waals surface area contributed by atoms with E-state index in [0.29, 0.717) is 12.6 Å². The monoisotopic (exact) mass is 282 g/mol. The fourth-order valence-corrected chi connectivity index (χ4v) is 2.40. The fraction of sp³-hybridized carbons (Fsp3) is 0.625. The third kappa shape index (κ3) is 4.46. The van der Waals surface area contributed by atoms with E-state index in [4.69, 9.17) is 4.74 Å². The summed E-state index contributed by atoms with van der Waals surface area (Å²) in [5.41, 5.74) is 2.07. The zero-order valence-electron chi connectivity index (χ0n) is 13.2. The van der Waals surface area contributed by atoms with E-state index in [9.17, 15) is 4.39 Å². The molecule has 0 aromatic heterocycles. The number of anilines is 1. The van der Waals surface area contributed by atoms with E-state index in [-0.39, 0.29) is 11.9 Å². The summed E-state index contributed by atoms with van der Waals surface area (Å²) >= 11 is 0. The predicted octanol–water partition coefficient (Wildman–Crippen LogP) is 3.36. The van der Waals surface area contributed by atoms with E-state index in [1.807, 2.05) is 6.07 Å². The highest BCUT2D eigenvalue weighted by molar-refractivity contribution is 5.55. The van der Waals surface area contributed by atoms with Gasteiger partial charge < -0.3 is 15.0 Å². The SMILES string of the molecule is CCNC(C)c1cc(F)ccc1N(CCOC)C(C)C. The van der Waals surface area contributed by atoms with Gasteiger partial charge in [0, 0.05) is 31.4 Å². The molecule has 114 valence electrons. The standard InChI is InChI=1S/C16H27FN2O/c1-6-18-13(4)15-11-14(17)7-8-16(15)19(12(2)3)9-10-20-5/h7-8,11-13,18H,6,9-10H2,1-5H3. The zero-order chi connectivity index (χ0) is 15.1. The van der Waals surface area contributed by atoms with Gasteiger partial charge in [0.15, 0.2) is 0 Å². The number of hydrogen-bond donors (Lipinski definition) is 1. The van der Waals surface area contributed by atoms with Crippen LogP contribution >= 0.6 is 0 Å². The summed E-state index contributed by atoms with van der Waals surface area (Å²) in [5, 5.41) is 3.35. The van der Waals surface area contributed by atoms with Gasteiger partial charge in [-0.3, -0.25) is 0 Å². The summed E-state index contributed by atoms with van der Waals surface area (Å²) < 4.78 is 18.8. The molecule has 3 nitrogen and oxygen atoms in total. The molecular weight excluding hydrogens is 255 g/mol. The van der Waals surface area contributed by atoms with Gasteiger partial charge in [-0.05, 0) is 51.1 Å². The van der Waals surface area contributed by atoms with E-state index < -0.39 is 0 Å². The lowest BCUT2D eigenvalue weighted by Gasteiger charge is -2.32. The van der Waals surface area contributed by atoms with Crippen LogP contribution in [0.3, 0.4) is 0 Å². The molecule has 1 aromatic rings. The quantitative estimate of drug-likeness (QED) is 0.791. The van der Waals surface area contributed by atoms with Gasteiger partial charge in [-0.25, -0.2) is 4.39 Å². The molecule has 0 heterocycles. The number of rotatable bonds is 8. The third-order valence-corrected chi connectivity index (χ3v) is 3.44. The molecule has 0 amide bonds. The van der Waals surface area contributed by atoms with Crippen molar-refractivity contribution in [3.63, 3.8) is 0 Å². The van der Waals surface area contributed by atoms with Crippen molar-refractivity contribution >= 4 is 5.69 Å². The zero-order valence-corrected chi connectivity index (χ0v) is 13.2. The molecule has 0 saturated heterocycles. The van der Waals surface area contributed by atoms with Crippen LogP contribution < -0.4 is 10.2 Å². The summed E-state index contributed by atoms with van der Waals surface area (Å²) in [6.07, 6.45) is 0. The van der Waals surface area contributed by atoms with Crippen molar-refractivity contribution in [2.45, 2.75) is 39.8 Å². The average Bonchev–Trinajstić information content (AvgIpc) is 2.40. The number of hydrogen-bond acceptors (Lipinski definition) is 3. The molecule has 0 bridgehead atoms. The van der Waals surface area contributed by atoms with Gasteiger partial charge in [0.05, 0.1) is 6.61 Å². The van der Waals surface area contributed by atoms with Crippen LogP contribution in [0.5, 0.6) is 0 Å². The number of methoxy groups -OCH3 is 1. The van der Waals surface area contributed by atoms with E-state index in [1.165, 1.54) is 6.07 Å². The number of ether oxygens (including phenoxy) is 1. The summed E-state index contributed by atoms with van der Waals surface area (Å²) in [5.74, 6) is -0.191. The number of nitrogens with zero attached hydrogens (tertiary/aromatic N) is 1. The van der Waals surface area contributed by atoms with Crippen LogP contribution in [0.2, 0.25) is 0 Å². The minimum Gasteiger partial charge on any atom is -0.383 e. The minimum absolute atomic E-state index is 0.120. The molecule has 0 aliphatic heterocycles. The maximum atomic E-state index is 13.6. The van der Waals surface area contributed by atoms with Crippen molar-refractivity contribution in [3.05, 3.63) is 29.6 Å². The summed E-state index contributed by atoms with van der Waals surface area (Å²) in [4.78, 5) is 2.26. The molecule has 1 aromatic carbocycles. The molecule has 1 unspecified atom stereocenters. The Bertz CT molecular complexity index is 409. The molecule has 0 spiro atoms. The molecule has 0 radical (unpaired) electrons. The smallest absolute Gasteiger partial charge is 0.123 e. The van der Waals surface area contributed by atoms with E-state index in [0.717, 1.165) is 24.3 Å². The molecule has 1 rings (SSSR count). The topological polar surface area (TPSA) is 24.5 Å². The largest absolute Gasteiger partial charge is 0.383 e. The first-order valence-corrected chi connectivity index (χ1v) is 7.29. The van der Waals surface area contributed by atoms with Crippen LogP contribution in [0.1, 0.15) is 39.3 Å². The molecule has 20 heavy (non-hydrogen) atoms. The Balaban J connectivity index is 3.12. The molecule has 0 aliphatic carbocycles. The van der Waals surface area contributed by atoms with Crippen LogP contribution in [0.4, 0.5) is 10.1 Å². The predicted molar refractivity (Wildman–Crippen MR) is 82.8 cm³/mol. The Morgan fingerprint density at radius 2 is 2.00 bits per heavy atom. The second-order valence-electron chi connectivity index (χ2n) is 5.26. The number of benzene rings is 1. The highest BCUT2D eigenvalue weighted by atomic mass is 19.1. The lowest BCUT2D eigenvalue weighted by atomic mass is 10.0. The molecule has 0 saturated carbocycles. The summed E-state index contributed by atoms with van der Waals surface area (Å²) in [6.45, 7) is 10.7. The molecule has 4 heteroatoms. The lowest BCUT2D eigenvalue weighted by molar-refractivity contribution is 0.203. The first kappa shape index (κ1) is 16.9. The van der Waals surface area contributed by atoms with E-state index in [1.54, 1.807) is 13.2 Å². The van der Waals surface area contributed by atoms with Crippen LogP contribution in [-0.4, -0.2) is 32.8 Å². The maximum Gasteiger partial charge on any atom is 0.123 e. The van der Waals surface area contributed by atoms with Crippen LogP contribution in [0, 0.1) is 5.82 Å². The highest BCUT2D eigenvalue weighted by Gasteiger charge is 2.18.